The summed E-state index contributed by atoms with van der Waals surface area (Å²) in [5.74, 6) is 5.57. The molecule has 2 atom stereocenters. The fourth-order valence-electron chi connectivity index (χ4n) is 4.25. The van der Waals surface area contributed by atoms with Gasteiger partial charge in [-0.25, -0.2) is 9.18 Å². The number of hydrogen-bond acceptors (Lipinski definition) is 4. The quantitative estimate of drug-likeness (QED) is 0.544. The minimum Gasteiger partial charge on any atom is -0.496 e. The maximum atomic E-state index is 13.3. The summed E-state index contributed by atoms with van der Waals surface area (Å²) < 4.78 is 24.5. The summed E-state index contributed by atoms with van der Waals surface area (Å²) in [7, 11) is 1.54. The van der Waals surface area contributed by atoms with Crippen LogP contribution in [0.5, 0.6) is 5.75 Å². The van der Waals surface area contributed by atoms with Gasteiger partial charge in [-0.05, 0) is 68.7 Å². The molecule has 2 aliphatic carbocycles. The number of ketones is 1. The van der Waals surface area contributed by atoms with Crippen LogP contribution in [-0.2, 0) is 9.53 Å². The largest absolute Gasteiger partial charge is 0.496 e. The highest BCUT2D eigenvalue weighted by Crippen LogP contribution is 2.48. The van der Waals surface area contributed by atoms with Crippen LogP contribution in [0.2, 0.25) is 0 Å². The molecule has 0 aromatic heterocycles. The SMILES string of the molecule is CC#Cc1ccc(C2=C(OC(=O)c3ccc(F)cc3)C3CCC(C3)C2=O)c(OC)c1. The summed E-state index contributed by atoms with van der Waals surface area (Å²) >= 11 is 0. The van der Waals surface area contributed by atoms with Crippen LogP contribution in [0.4, 0.5) is 4.39 Å². The molecule has 0 amide bonds. The maximum Gasteiger partial charge on any atom is 0.343 e. The molecule has 0 heterocycles. The first-order valence-corrected chi connectivity index (χ1v) is 9.89. The van der Waals surface area contributed by atoms with Crippen LogP contribution < -0.4 is 4.74 Å². The lowest BCUT2D eigenvalue weighted by atomic mass is 9.82. The average Bonchev–Trinajstić information content (AvgIpc) is 3.20. The number of hydrogen-bond donors (Lipinski definition) is 0. The molecular formula is C25H21FO4. The van der Waals surface area contributed by atoms with E-state index in [2.05, 4.69) is 11.8 Å². The third kappa shape index (κ3) is 3.61. The Bertz CT molecular complexity index is 1100. The van der Waals surface area contributed by atoms with Crippen molar-refractivity contribution in [3.05, 3.63) is 70.7 Å². The Morgan fingerprint density at radius 3 is 2.53 bits per heavy atom. The second-order valence-electron chi connectivity index (χ2n) is 7.50. The molecule has 2 aromatic rings. The Morgan fingerprint density at radius 2 is 1.83 bits per heavy atom. The molecule has 4 rings (SSSR count). The summed E-state index contributed by atoms with van der Waals surface area (Å²) in [6.07, 6.45) is 2.23. The first-order valence-electron chi connectivity index (χ1n) is 9.89. The first kappa shape index (κ1) is 19.9. The van der Waals surface area contributed by atoms with E-state index in [0.717, 1.165) is 18.4 Å². The summed E-state index contributed by atoms with van der Waals surface area (Å²) in [6.45, 7) is 1.75. The number of esters is 1. The second-order valence-corrected chi connectivity index (χ2v) is 7.50. The van der Waals surface area contributed by atoms with Gasteiger partial charge in [0.05, 0.1) is 18.2 Å². The molecule has 0 radical (unpaired) electrons. The molecule has 1 fully saturated rings. The van der Waals surface area contributed by atoms with Gasteiger partial charge >= 0.3 is 5.97 Å². The minimum atomic E-state index is -0.604. The highest BCUT2D eigenvalue weighted by Gasteiger charge is 2.43. The van der Waals surface area contributed by atoms with E-state index in [1.165, 1.54) is 31.4 Å². The average molecular weight is 404 g/mol. The molecule has 2 aromatic carbocycles. The van der Waals surface area contributed by atoms with Crippen LogP contribution in [-0.4, -0.2) is 18.9 Å². The van der Waals surface area contributed by atoms with Gasteiger partial charge in [0.2, 0.25) is 0 Å². The van der Waals surface area contributed by atoms with E-state index < -0.39 is 11.8 Å². The van der Waals surface area contributed by atoms with Crippen molar-refractivity contribution in [3.63, 3.8) is 0 Å². The standard InChI is InChI=1S/C25H21FO4/c1-3-4-15-5-12-20(21(13-15)29-2)22-23(27)17-6-7-18(14-17)24(22)30-25(28)16-8-10-19(26)11-9-16/h5,8-13,17-18H,6-7,14H2,1-2H3. The van der Waals surface area contributed by atoms with E-state index in [1.807, 2.05) is 6.07 Å². The van der Waals surface area contributed by atoms with Crippen LogP contribution in [0.15, 0.2) is 48.2 Å². The van der Waals surface area contributed by atoms with Gasteiger partial charge in [-0.15, -0.1) is 5.92 Å². The number of Topliss-reactive ketones (excluding diaryl/α,β-unsaturated/α-hetero) is 1. The summed E-state index contributed by atoms with van der Waals surface area (Å²) in [6, 6.07) is 10.6. The molecular weight excluding hydrogens is 383 g/mol. The van der Waals surface area contributed by atoms with Crippen molar-refractivity contribution >= 4 is 17.3 Å². The van der Waals surface area contributed by atoms with E-state index in [1.54, 1.807) is 19.1 Å². The van der Waals surface area contributed by atoms with Crippen LogP contribution in [0.1, 0.15) is 47.7 Å². The number of allylic oxidation sites excluding steroid dienone is 2. The Balaban J connectivity index is 1.80. The topological polar surface area (TPSA) is 52.6 Å². The van der Waals surface area contributed by atoms with Gasteiger partial charge < -0.3 is 9.47 Å². The fourth-order valence-corrected chi connectivity index (χ4v) is 4.25. The van der Waals surface area contributed by atoms with Crippen molar-refractivity contribution in [1.82, 2.24) is 0 Å². The molecule has 0 N–H and O–H groups in total. The molecule has 1 saturated carbocycles. The number of ether oxygens (including phenoxy) is 2. The first-order chi connectivity index (χ1) is 14.5. The van der Waals surface area contributed by atoms with Gasteiger partial charge in [0.1, 0.15) is 17.3 Å². The van der Waals surface area contributed by atoms with Crippen molar-refractivity contribution < 1.29 is 23.5 Å². The summed E-state index contributed by atoms with van der Waals surface area (Å²) in [5.41, 5.74) is 2.01. The van der Waals surface area contributed by atoms with Crippen molar-refractivity contribution in [2.75, 3.05) is 7.11 Å². The third-order valence-electron chi connectivity index (χ3n) is 5.69. The van der Waals surface area contributed by atoms with E-state index in [9.17, 15) is 14.0 Å². The summed E-state index contributed by atoms with van der Waals surface area (Å²) in [5, 5.41) is 0. The monoisotopic (exact) mass is 404 g/mol. The maximum absolute atomic E-state index is 13.3. The Hall–Kier alpha value is -3.39. The Kier molecular flexibility index (Phi) is 5.41. The van der Waals surface area contributed by atoms with Gasteiger partial charge in [-0.1, -0.05) is 5.92 Å². The Morgan fingerprint density at radius 1 is 1.10 bits per heavy atom. The lowest BCUT2D eigenvalue weighted by Gasteiger charge is -2.26. The zero-order valence-corrected chi connectivity index (χ0v) is 16.8. The molecule has 2 aliphatic rings. The van der Waals surface area contributed by atoms with Gasteiger partial charge in [-0.3, -0.25) is 4.79 Å². The normalized spacial score (nSPS) is 19.9. The van der Waals surface area contributed by atoms with Crippen molar-refractivity contribution in [2.24, 2.45) is 11.8 Å². The number of halogens is 1. The van der Waals surface area contributed by atoms with Crippen LogP contribution >= 0.6 is 0 Å². The molecule has 152 valence electrons. The van der Waals surface area contributed by atoms with Gasteiger partial charge in [0, 0.05) is 23.0 Å². The van der Waals surface area contributed by atoms with Crippen LogP contribution in [0.25, 0.3) is 5.57 Å². The Labute approximate surface area is 174 Å². The number of fused-ring (bicyclic) bond motifs is 2. The molecule has 4 nitrogen and oxygen atoms in total. The van der Waals surface area contributed by atoms with Gasteiger partial charge in [0.15, 0.2) is 5.78 Å². The van der Waals surface area contributed by atoms with E-state index in [-0.39, 0.29) is 23.2 Å². The van der Waals surface area contributed by atoms with E-state index >= 15 is 0 Å². The zero-order chi connectivity index (χ0) is 21.3. The third-order valence-corrected chi connectivity index (χ3v) is 5.69. The number of benzene rings is 2. The lowest BCUT2D eigenvalue weighted by molar-refractivity contribution is -0.117. The highest BCUT2D eigenvalue weighted by atomic mass is 19.1. The van der Waals surface area contributed by atoms with Crippen molar-refractivity contribution in [2.45, 2.75) is 26.2 Å². The predicted molar refractivity (Wildman–Crippen MR) is 110 cm³/mol. The molecule has 5 heteroatoms. The highest BCUT2D eigenvalue weighted by molar-refractivity contribution is 6.24. The van der Waals surface area contributed by atoms with Crippen LogP contribution in [0.3, 0.4) is 0 Å². The molecule has 30 heavy (non-hydrogen) atoms. The number of rotatable bonds is 4. The smallest absolute Gasteiger partial charge is 0.343 e. The zero-order valence-electron chi connectivity index (χ0n) is 16.8. The van der Waals surface area contributed by atoms with Crippen molar-refractivity contribution in [3.8, 4) is 17.6 Å². The lowest BCUT2D eigenvalue weighted by Crippen LogP contribution is -2.24. The van der Waals surface area contributed by atoms with Crippen LogP contribution in [0, 0.1) is 29.5 Å². The number of carbonyl (C=O) groups excluding carboxylic acids is 2. The van der Waals surface area contributed by atoms with Gasteiger partial charge in [0.25, 0.3) is 0 Å². The van der Waals surface area contributed by atoms with Crippen molar-refractivity contribution in [1.29, 1.82) is 0 Å². The van der Waals surface area contributed by atoms with E-state index in [4.69, 9.17) is 9.47 Å². The molecule has 2 bridgehead atoms. The fraction of sp³-hybridized carbons (Fsp3) is 0.280. The number of carbonyl (C=O) groups is 2. The predicted octanol–water partition coefficient (Wildman–Crippen LogP) is 4.77. The number of methoxy groups -OCH3 is 1. The molecule has 0 aliphatic heterocycles. The minimum absolute atomic E-state index is 0.00749. The second kappa shape index (κ2) is 8.16. The van der Waals surface area contributed by atoms with E-state index in [0.29, 0.717) is 29.1 Å². The van der Waals surface area contributed by atoms with Gasteiger partial charge in [-0.2, -0.15) is 0 Å². The molecule has 0 saturated heterocycles. The summed E-state index contributed by atoms with van der Waals surface area (Å²) in [4.78, 5) is 26.0. The molecule has 2 unspecified atom stereocenters. The molecule has 0 spiro atoms.